The maximum absolute atomic E-state index is 12.9. The third-order valence-electron chi connectivity index (χ3n) is 6.50. The van der Waals surface area contributed by atoms with Crippen LogP contribution in [0.3, 0.4) is 0 Å². The van der Waals surface area contributed by atoms with Crippen LogP contribution in [-0.4, -0.2) is 44.8 Å². The fourth-order valence-corrected chi connectivity index (χ4v) is 4.74. The van der Waals surface area contributed by atoms with Crippen LogP contribution in [0.2, 0.25) is 0 Å². The fourth-order valence-electron chi connectivity index (χ4n) is 4.74. The molecule has 0 radical (unpaired) electrons. The summed E-state index contributed by atoms with van der Waals surface area (Å²) in [5, 5.41) is 0. The number of likely N-dealkylation sites (tertiary alicyclic amines) is 1. The average molecular weight is 442 g/mol. The number of anilines is 1. The van der Waals surface area contributed by atoms with Crippen LogP contribution in [0.5, 0.6) is 0 Å². The van der Waals surface area contributed by atoms with E-state index in [2.05, 4.69) is 4.98 Å². The second kappa shape index (κ2) is 9.10. The van der Waals surface area contributed by atoms with Crippen LogP contribution in [0.4, 0.5) is 5.82 Å². The number of hydrogen-bond acceptors (Lipinski definition) is 5. The number of amides is 2. The molecule has 7 nitrogen and oxygen atoms in total. The minimum Gasteiger partial charge on any atom is -0.337 e. The van der Waals surface area contributed by atoms with Gasteiger partial charge in [0.1, 0.15) is 17.3 Å². The van der Waals surface area contributed by atoms with Crippen molar-refractivity contribution in [2.75, 3.05) is 18.0 Å². The van der Waals surface area contributed by atoms with E-state index in [1.165, 1.54) is 0 Å². The van der Waals surface area contributed by atoms with Crippen LogP contribution in [0, 0.1) is 6.92 Å². The molecule has 7 heteroatoms. The first-order chi connectivity index (χ1) is 16.1. The van der Waals surface area contributed by atoms with Gasteiger partial charge >= 0.3 is 0 Å². The fraction of sp³-hybridized carbons (Fsp3) is 0.346. The van der Waals surface area contributed by atoms with Crippen molar-refractivity contribution in [3.8, 4) is 0 Å². The summed E-state index contributed by atoms with van der Waals surface area (Å²) in [7, 11) is 0. The van der Waals surface area contributed by atoms with Gasteiger partial charge in [0.2, 0.25) is 5.91 Å². The van der Waals surface area contributed by atoms with Crippen LogP contribution < -0.4 is 4.90 Å². The molecule has 0 N–H and O–H groups in total. The number of piperidine rings is 1. The Kier molecular flexibility index (Phi) is 5.86. The molecule has 1 saturated heterocycles. The number of carbonyl (C=O) groups is 2. The van der Waals surface area contributed by atoms with E-state index >= 15 is 0 Å². The van der Waals surface area contributed by atoms with Crippen molar-refractivity contribution < 1.29 is 9.59 Å². The van der Waals surface area contributed by atoms with Gasteiger partial charge in [-0.05, 0) is 43.9 Å². The van der Waals surface area contributed by atoms with Gasteiger partial charge in [0.15, 0.2) is 0 Å². The standard InChI is InChI=1S/C26H27N5O2/c1-18-21-12-13-23(32)31(16-19-8-3-2-4-9-19)25(21)29-24(28-18)20-10-7-15-30(17-20)26(33)22-11-5-6-14-27-22/h2-6,8-9,11,14,20H,7,10,12-13,15-17H2,1H3. The van der Waals surface area contributed by atoms with Gasteiger partial charge in [-0.25, -0.2) is 9.97 Å². The lowest BCUT2D eigenvalue weighted by Gasteiger charge is -2.34. The monoisotopic (exact) mass is 441 g/mol. The van der Waals surface area contributed by atoms with E-state index in [4.69, 9.17) is 9.97 Å². The Labute approximate surface area is 193 Å². The smallest absolute Gasteiger partial charge is 0.272 e. The summed E-state index contributed by atoms with van der Waals surface area (Å²) in [6.45, 7) is 3.76. The number of aromatic nitrogens is 3. The predicted molar refractivity (Wildman–Crippen MR) is 125 cm³/mol. The number of nitrogens with zero attached hydrogens (tertiary/aromatic N) is 5. The predicted octanol–water partition coefficient (Wildman–Crippen LogP) is 3.68. The molecule has 0 saturated carbocycles. The maximum Gasteiger partial charge on any atom is 0.272 e. The number of carbonyl (C=O) groups excluding carboxylic acids is 2. The molecule has 0 aliphatic carbocycles. The van der Waals surface area contributed by atoms with E-state index in [1.54, 1.807) is 17.2 Å². The second-order valence-electron chi connectivity index (χ2n) is 8.74. The van der Waals surface area contributed by atoms with E-state index < -0.39 is 0 Å². The highest BCUT2D eigenvalue weighted by Crippen LogP contribution is 2.33. The third-order valence-corrected chi connectivity index (χ3v) is 6.50. The molecule has 2 aliphatic heterocycles. The SMILES string of the molecule is Cc1nc(C2CCCN(C(=O)c3ccccn3)C2)nc2c1CCC(=O)N2Cc1ccccc1. The zero-order valence-corrected chi connectivity index (χ0v) is 18.8. The summed E-state index contributed by atoms with van der Waals surface area (Å²) in [6, 6.07) is 15.4. The summed E-state index contributed by atoms with van der Waals surface area (Å²) in [6.07, 6.45) is 4.58. The van der Waals surface area contributed by atoms with Crippen molar-refractivity contribution in [2.24, 2.45) is 0 Å². The molecular formula is C26H27N5O2. The quantitative estimate of drug-likeness (QED) is 0.617. The molecule has 4 heterocycles. The summed E-state index contributed by atoms with van der Waals surface area (Å²) >= 11 is 0. The van der Waals surface area contributed by atoms with Crippen molar-refractivity contribution in [3.63, 3.8) is 0 Å². The highest BCUT2D eigenvalue weighted by Gasteiger charge is 2.32. The first kappa shape index (κ1) is 21.2. The van der Waals surface area contributed by atoms with Gasteiger partial charge in [-0.2, -0.15) is 0 Å². The van der Waals surface area contributed by atoms with E-state index in [0.29, 0.717) is 38.2 Å². The minimum absolute atomic E-state index is 0.0333. The highest BCUT2D eigenvalue weighted by atomic mass is 16.2. The van der Waals surface area contributed by atoms with Crippen LogP contribution in [0.15, 0.2) is 54.7 Å². The highest BCUT2D eigenvalue weighted by molar-refractivity contribution is 5.95. The molecule has 1 atom stereocenters. The zero-order valence-electron chi connectivity index (χ0n) is 18.8. The molecule has 168 valence electrons. The molecule has 3 aromatic rings. The lowest BCUT2D eigenvalue weighted by Crippen LogP contribution is -2.40. The molecule has 1 aromatic carbocycles. The molecule has 0 bridgehead atoms. The van der Waals surface area contributed by atoms with Gasteiger partial charge in [0.25, 0.3) is 5.91 Å². The summed E-state index contributed by atoms with van der Waals surface area (Å²) < 4.78 is 0. The largest absolute Gasteiger partial charge is 0.337 e. The van der Waals surface area contributed by atoms with Crippen LogP contribution in [0.1, 0.15) is 58.3 Å². The Balaban J connectivity index is 1.43. The first-order valence-electron chi connectivity index (χ1n) is 11.5. The molecule has 0 spiro atoms. The average Bonchev–Trinajstić information content (AvgIpc) is 2.86. The van der Waals surface area contributed by atoms with Gasteiger partial charge in [-0.15, -0.1) is 0 Å². The van der Waals surface area contributed by atoms with E-state index in [1.807, 2.05) is 54.3 Å². The number of pyridine rings is 1. The van der Waals surface area contributed by atoms with Crippen molar-refractivity contribution >= 4 is 17.6 Å². The van der Waals surface area contributed by atoms with Gasteiger partial charge < -0.3 is 4.90 Å². The normalized spacial score (nSPS) is 18.2. The van der Waals surface area contributed by atoms with Crippen molar-refractivity contribution in [1.29, 1.82) is 0 Å². The number of aryl methyl sites for hydroxylation is 1. The molecule has 33 heavy (non-hydrogen) atoms. The Morgan fingerprint density at radius 3 is 2.67 bits per heavy atom. The zero-order chi connectivity index (χ0) is 22.8. The van der Waals surface area contributed by atoms with Crippen molar-refractivity contribution in [1.82, 2.24) is 19.9 Å². The Morgan fingerprint density at radius 2 is 1.88 bits per heavy atom. The van der Waals surface area contributed by atoms with Crippen molar-refractivity contribution in [2.45, 2.75) is 45.1 Å². The van der Waals surface area contributed by atoms with Crippen LogP contribution in [-0.2, 0) is 17.8 Å². The van der Waals surface area contributed by atoms with E-state index in [9.17, 15) is 9.59 Å². The lowest BCUT2D eigenvalue weighted by atomic mass is 9.95. The lowest BCUT2D eigenvalue weighted by molar-refractivity contribution is -0.119. The number of benzene rings is 1. The summed E-state index contributed by atoms with van der Waals surface area (Å²) in [5.41, 5.74) is 3.50. The van der Waals surface area contributed by atoms with Gasteiger partial charge in [-0.1, -0.05) is 36.4 Å². The van der Waals surface area contributed by atoms with Gasteiger partial charge in [0, 0.05) is 42.9 Å². The van der Waals surface area contributed by atoms with Crippen LogP contribution >= 0.6 is 0 Å². The molecule has 2 amide bonds. The number of fused-ring (bicyclic) bond motifs is 1. The Bertz CT molecular complexity index is 1170. The molecular weight excluding hydrogens is 414 g/mol. The third kappa shape index (κ3) is 4.35. The molecule has 2 aliphatic rings. The molecule has 1 fully saturated rings. The second-order valence-corrected chi connectivity index (χ2v) is 8.74. The van der Waals surface area contributed by atoms with Crippen LogP contribution in [0.25, 0.3) is 0 Å². The number of rotatable bonds is 4. The Morgan fingerprint density at radius 1 is 1.06 bits per heavy atom. The van der Waals surface area contributed by atoms with Crippen molar-refractivity contribution in [3.05, 3.63) is 83.1 Å². The van der Waals surface area contributed by atoms with Gasteiger partial charge in [-0.3, -0.25) is 19.5 Å². The maximum atomic E-state index is 12.9. The Hall–Kier alpha value is -3.61. The number of hydrogen-bond donors (Lipinski definition) is 0. The van der Waals surface area contributed by atoms with E-state index in [0.717, 1.165) is 41.3 Å². The summed E-state index contributed by atoms with van der Waals surface area (Å²) in [5.74, 6) is 1.51. The topological polar surface area (TPSA) is 79.3 Å². The first-order valence-corrected chi connectivity index (χ1v) is 11.5. The van der Waals surface area contributed by atoms with E-state index in [-0.39, 0.29) is 17.7 Å². The minimum atomic E-state index is -0.0594. The molecule has 5 rings (SSSR count). The molecule has 1 unspecified atom stereocenters. The van der Waals surface area contributed by atoms with Gasteiger partial charge in [0.05, 0.1) is 6.54 Å². The summed E-state index contributed by atoms with van der Waals surface area (Å²) in [4.78, 5) is 43.4. The molecule has 2 aromatic heterocycles.